The van der Waals surface area contributed by atoms with Crippen molar-refractivity contribution >= 4 is 52.5 Å². The van der Waals surface area contributed by atoms with Gasteiger partial charge in [0.15, 0.2) is 0 Å². The zero-order valence-corrected chi connectivity index (χ0v) is 20.0. The van der Waals surface area contributed by atoms with Crippen molar-refractivity contribution in [1.82, 2.24) is 5.32 Å². The Labute approximate surface area is 202 Å². The van der Waals surface area contributed by atoms with Crippen LogP contribution in [0.3, 0.4) is 0 Å². The first-order valence-corrected chi connectivity index (χ1v) is 12.6. The Bertz CT molecular complexity index is 1200. The van der Waals surface area contributed by atoms with E-state index in [-0.39, 0.29) is 29.7 Å². The van der Waals surface area contributed by atoms with E-state index in [1.54, 1.807) is 48.0 Å². The predicted molar refractivity (Wildman–Crippen MR) is 132 cm³/mol. The van der Waals surface area contributed by atoms with E-state index in [9.17, 15) is 19.2 Å². The Hall–Kier alpha value is -3.17. The molecule has 3 aliphatic heterocycles. The maximum atomic E-state index is 13.9. The highest BCUT2D eigenvalue weighted by molar-refractivity contribution is 7.98. The van der Waals surface area contributed by atoms with Crippen molar-refractivity contribution in [2.24, 2.45) is 11.8 Å². The molecule has 3 aliphatic rings. The van der Waals surface area contributed by atoms with E-state index in [2.05, 4.69) is 10.6 Å². The van der Waals surface area contributed by atoms with Crippen LogP contribution >= 0.6 is 11.8 Å². The lowest BCUT2D eigenvalue weighted by Gasteiger charge is -2.30. The number of amides is 4. The number of anilines is 3. The number of nitrogens with one attached hydrogen (secondary N) is 2. The molecule has 0 unspecified atom stereocenters. The third-order valence-electron chi connectivity index (χ3n) is 7.08. The minimum atomic E-state index is -1.27. The van der Waals surface area contributed by atoms with Crippen molar-refractivity contribution in [3.8, 4) is 0 Å². The summed E-state index contributed by atoms with van der Waals surface area (Å²) < 4.78 is 0. The van der Waals surface area contributed by atoms with Gasteiger partial charge in [-0.15, -0.1) is 0 Å². The molecule has 8 nitrogen and oxygen atoms in total. The van der Waals surface area contributed by atoms with Crippen LogP contribution < -0.4 is 20.4 Å². The molecule has 0 aliphatic carbocycles. The molecule has 2 fully saturated rings. The van der Waals surface area contributed by atoms with Crippen molar-refractivity contribution < 1.29 is 19.2 Å². The number of rotatable bonds is 5. The summed E-state index contributed by atoms with van der Waals surface area (Å²) in [6, 6.07) is 13.8. The fourth-order valence-corrected chi connectivity index (χ4v) is 6.19. The van der Waals surface area contributed by atoms with E-state index in [1.807, 2.05) is 30.5 Å². The van der Waals surface area contributed by atoms with Gasteiger partial charge >= 0.3 is 0 Å². The molecule has 2 aromatic rings. The van der Waals surface area contributed by atoms with Crippen molar-refractivity contribution in [3.63, 3.8) is 0 Å². The third kappa shape index (κ3) is 3.10. The van der Waals surface area contributed by atoms with Crippen molar-refractivity contribution in [2.75, 3.05) is 34.2 Å². The molecule has 34 heavy (non-hydrogen) atoms. The molecule has 9 heteroatoms. The number of fused-ring (bicyclic) bond motifs is 4. The maximum absolute atomic E-state index is 13.9. The SMILES string of the molecule is CSCC[C@@H]1N[C@]2(C(=O)N(C)c3ccccc32)[C@H]2C(=O)N(c3ccc(NC(C)=O)cc3)C(=O)[C@@H]12. The van der Waals surface area contributed by atoms with Crippen molar-refractivity contribution in [2.45, 2.75) is 24.9 Å². The molecule has 2 saturated heterocycles. The van der Waals surface area contributed by atoms with Crippen molar-refractivity contribution in [1.29, 1.82) is 0 Å². The smallest absolute Gasteiger partial charge is 0.252 e. The van der Waals surface area contributed by atoms with E-state index in [0.717, 1.165) is 17.0 Å². The van der Waals surface area contributed by atoms with E-state index < -0.39 is 17.4 Å². The van der Waals surface area contributed by atoms with Crippen LogP contribution in [-0.4, -0.2) is 48.7 Å². The minimum absolute atomic E-state index is 0.206. The second kappa shape index (κ2) is 8.25. The number of carbonyl (C=O) groups is 4. The number of imide groups is 1. The lowest BCUT2D eigenvalue weighted by Crippen LogP contribution is -2.54. The maximum Gasteiger partial charge on any atom is 0.252 e. The molecule has 0 aromatic heterocycles. The summed E-state index contributed by atoms with van der Waals surface area (Å²) in [7, 11) is 1.71. The fraction of sp³-hybridized carbons (Fsp3) is 0.360. The standard InChI is InChI=1S/C25H26N4O4S/c1-14(30)26-15-8-10-16(11-9-15)29-22(31)20-18(12-13-34-3)27-25(21(20)23(29)32)17-6-4-5-7-19(17)28(2)24(25)33/h4-11,18,20-21,27H,12-13H2,1-3H3,(H,26,30)/t18-,20-,21+,25-/m0/s1. The van der Waals surface area contributed by atoms with Crippen LogP contribution in [-0.2, 0) is 24.7 Å². The fourth-order valence-electron chi connectivity index (χ4n) is 5.70. The van der Waals surface area contributed by atoms with Crippen LogP contribution in [0.15, 0.2) is 48.5 Å². The summed E-state index contributed by atoms with van der Waals surface area (Å²) in [5, 5.41) is 6.17. The first-order chi connectivity index (χ1) is 16.3. The zero-order valence-electron chi connectivity index (χ0n) is 19.2. The highest BCUT2D eigenvalue weighted by Crippen LogP contribution is 2.55. The number of carbonyl (C=O) groups excluding carboxylic acids is 4. The Morgan fingerprint density at radius 1 is 1.09 bits per heavy atom. The predicted octanol–water partition coefficient (Wildman–Crippen LogP) is 2.35. The molecule has 176 valence electrons. The second-order valence-electron chi connectivity index (χ2n) is 8.97. The number of likely N-dealkylation sites (N-methyl/N-ethyl adjacent to an activating group) is 1. The summed E-state index contributed by atoms with van der Waals surface area (Å²) >= 11 is 1.67. The first-order valence-electron chi connectivity index (χ1n) is 11.2. The molecule has 2 aromatic carbocycles. The average Bonchev–Trinajstić information content (AvgIpc) is 3.38. The summed E-state index contributed by atoms with van der Waals surface area (Å²) in [5.41, 5.74) is 1.24. The van der Waals surface area contributed by atoms with Crippen LogP contribution in [0.2, 0.25) is 0 Å². The second-order valence-corrected chi connectivity index (χ2v) is 9.95. The van der Waals surface area contributed by atoms with Gasteiger partial charge in [-0.2, -0.15) is 11.8 Å². The number of benzene rings is 2. The molecule has 0 bridgehead atoms. The number of hydrogen-bond donors (Lipinski definition) is 2. The zero-order chi connectivity index (χ0) is 24.2. The number of thioether (sulfide) groups is 1. The molecular weight excluding hydrogens is 452 g/mol. The molecule has 0 saturated carbocycles. The summed E-state index contributed by atoms with van der Waals surface area (Å²) in [4.78, 5) is 55.5. The van der Waals surface area contributed by atoms with Crippen LogP contribution in [0, 0.1) is 11.8 Å². The van der Waals surface area contributed by atoms with Crippen LogP contribution in [0.1, 0.15) is 18.9 Å². The largest absolute Gasteiger partial charge is 0.326 e. The lowest BCUT2D eigenvalue weighted by atomic mass is 9.76. The van der Waals surface area contributed by atoms with Gasteiger partial charge in [-0.3, -0.25) is 24.5 Å². The summed E-state index contributed by atoms with van der Waals surface area (Å²) in [5.74, 6) is -1.76. The van der Waals surface area contributed by atoms with Gasteiger partial charge < -0.3 is 10.2 Å². The summed E-state index contributed by atoms with van der Waals surface area (Å²) in [6.45, 7) is 1.41. The van der Waals surface area contributed by atoms with E-state index in [0.29, 0.717) is 17.8 Å². The molecule has 2 N–H and O–H groups in total. The van der Waals surface area contributed by atoms with Gasteiger partial charge in [-0.25, -0.2) is 4.90 Å². The van der Waals surface area contributed by atoms with Gasteiger partial charge in [0.05, 0.1) is 17.5 Å². The number of para-hydroxylation sites is 1. The Morgan fingerprint density at radius 3 is 2.47 bits per heavy atom. The molecule has 1 spiro atoms. The highest BCUT2D eigenvalue weighted by Gasteiger charge is 2.71. The van der Waals surface area contributed by atoms with Gasteiger partial charge in [0, 0.05) is 37.0 Å². The quantitative estimate of drug-likeness (QED) is 0.640. The van der Waals surface area contributed by atoms with E-state index >= 15 is 0 Å². The Balaban J connectivity index is 1.59. The van der Waals surface area contributed by atoms with E-state index in [4.69, 9.17) is 0 Å². The molecule has 4 atom stereocenters. The molecule has 3 heterocycles. The Morgan fingerprint density at radius 2 is 1.79 bits per heavy atom. The summed E-state index contributed by atoms with van der Waals surface area (Å²) in [6.07, 6.45) is 2.66. The minimum Gasteiger partial charge on any atom is -0.326 e. The number of hydrogen-bond acceptors (Lipinski definition) is 6. The van der Waals surface area contributed by atoms with Gasteiger partial charge in [-0.05, 0) is 48.8 Å². The number of nitrogens with zero attached hydrogens (tertiary/aromatic N) is 2. The van der Waals surface area contributed by atoms with E-state index in [1.165, 1.54) is 11.8 Å². The monoisotopic (exact) mass is 478 g/mol. The normalized spacial score (nSPS) is 27.5. The van der Waals surface area contributed by atoms with Crippen LogP contribution in [0.4, 0.5) is 17.1 Å². The van der Waals surface area contributed by atoms with Gasteiger partial charge in [0.25, 0.3) is 5.91 Å². The highest BCUT2D eigenvalue weighted by atomic mass is 32.2. The van der Waals surface area contributed by atoms with Gasteiger partial charge in [0.1, 0.15) is 5.54 Å². The Kier molecular flexibility index (Phi) is 5.49. The van der Waals surface area contributed by atoms with Gasteiger partial charge in [0.2, 0.25) is 17.7 Å². The van der Waals surface area contributed by atoms with Crippen molar-refractivity contribution in [3.05, 3.63) is 54.1 Å². The topological polar surface area (TPSA) is 98.8 Å². The third-order valence-corrected chi connectivity index (χ3v) is 7.72. The van der Waals surface area contributed by atoms with Crippen LogP contribution in [0.25, 0.3) is 0 Å². The van der Waals surface area contributed by atoms with Crippen LogP contribution in [0.5, 0.6) is 0 Å². The first kappa shape index (κ1) is 22.6. The molecule has 0 radical (unpaired) electrons. The molecular formula is C25H26N4O4S. The van der Waals surface area contributed by atoms with Gasteiger partial charge in [-0.1, -0.05) is 18.2 Å². The molecule has 4 amide bonds. The molecule has 5 rings (SSSR count). The lowest BCUT2D eigenvalue weighted by molar-refractivity contribution is -0.131. The average molecular weight is 479 g/mol.